The fraction of sp³-hybridized carbons (Fsp3) is 0.250. The normalized spacial score (nSPS) is 9.14. The lowest BCUT2D eigenvalue weighted by molar-refractivity contribution is 0.0958. The maximum atomic E-state index is 11.4. The van der Waals surface area contributed by atoms with Crippen LogP contribution in [0.2, 0.25) is 0 Å². The van der Waals surface area contributed by atoms with Gasteiger partial charge in [-0.15, -0.1) is 6.42 Å². The van der Waals surface area contributed by atoms with E-state index in [1.807, 2.05) is 24.3 Å². The van der Waals surface area contributed by atoms with E-state index in [1.54, 1.807) is 0 Å². The van der Waals surface area contributed by atoms with E-state index >= 15 is 0 Å². The first kappa shape index (κ1) is 10.3. The standard InChI is InChI=1S/C12H13NO/c1-3-9-13-12(14)11-7-5-10(4-2)6-8-11/h1,5-8H,4,9H2,2H3,(H,13,14). The third-order valence-corrected chi connectivity index (χ3v) is 1.98. The van der Waals surface area contributed by atoms with Crippen LogP contribution in [0.3, 0.4) is 0 Å². The van der Waals surface area contributed by atoms with E-state index in [0.29, 0.717) is 5.56 Å². The number of carbonyl (C=O) groups is 1. The van der Waals surface area contributed by atoms with Crippen molar-refractivity contribution in [2.75, 3.05) is 6.54 Å². The molecule has 0 aliphatic heterocycles. The lowest BCUT2D eigenvalue weighted by Gasteiger charge is -2.02. The van der Waals surface area contributed by atoms with Gasteiger partial charge in [0.2, 0.25) is 0 Å². The van der Waals surface area contributed by atoms with E-state index in [-0.39, 0.29) is 12.5 Å². The molecule has 2 heteroatoms. The van der Waals surface area contributed by atoms with Crippen molar-refractivity contribution in [3.63, 3.8) is 0 Å². The first-order chi connectivity index (χ1) is 6.77. The molecule has 14 heavy (non-hydrogen) atoms. The molecule has 0 saturated carbocycles. The minimum Gasteiger partial charge on any atom is -0.341 e. The van der Waals surface area contributed by atoms with E-state index in [9.17, 15) is 4.79 Å². The molecule has 0 spiro atoms. The highest BCUT2D eigenvalue weighted by Gasteiger charge is 2.02. The number of hydrogen-bond acceptors (Lipinski definition) is 1. The fourth-order valence-electron chi connectivity index (χ4n) is 1.13. The summed E-state index contributed by atoms with van der Waals surface area (Å²) in [7, 11) is 0. The van der Waals surface area contributed by atoms with Crippen molar-refractivity contribution in [2.24, 2.45) is 0 Å². The van der Waals surface area contributed by atoms with Crippen LogP contribution < -0.4 is 5.32 Å². The average molecular weight is 187 g/mol. The molecule has 1 aromatic rings. The predicted molar refractivity (Wildman–Crippen MR) is 57.0 cm³/mol. The number of terminal acetylenes is 1. The summed E-state index contributed by atoms with van der Waals surface area (Å²) in [6.07, 6.45) is 6.01. The highest BCUT2D eigenvalue weighted by molar-refractivity contribution is 5.94. The summed E-state index contributed by atoms with van der Waals surface area (Å²) in [5.74, 6) is 2.24. The lowest BCUT2D eigenvalue weighted by atomic mass is 10.1. The van der Waals surface area contributed by atoms with Crippen LogP contribution in [-0.2, 0) is 6.42 Å². The zero-order valence-electron chi connectivity index (χ0n) is 8.21. The summed E-state index contributed by atoms with van der Waals surface area (Å²) in [6, 6.07) is 7.52. The van der Waals surface area contributed by atoms with Gasteiger partial charge in [0, 0.05) is 5.56 Å². The highest BCUT2D eigenvalue weighted by Crippen LogP contribution is 2.04. The zero-order chi connectivity index (χ0) is 10.4. The molecule has 0 heterocycles. The van der Waals surface area contributed by atoms with Gasteiger partial charge in [0.15, 0.2) is 0 Å². The average Bonchev–Trinajstić information content (AvgIpc) is 2.26. The number of rotatable bonds is 3. The third kappa shape index (κ3) is 2.63. The number of benzene rings is 1. The van der Waals surface area contributed by atoms with Crippen LogP contribution in [0.25, 0.3) is 0 Å². The molecular formula is C12H13NO. The third-order valence-electron chi connectivity index (χ3n) is 1.98. The second kappa shape index (κ2) is 5.08. The van der Waals surface area contributed by atoms with Crippen LogP contribution >= 0.6 is 0 Å². The van der Waals surface area contributed by atoms with Crippen molar-refractivity contribution >= 4 is 5.91 Å². The first-order valence-corrected chi connectivity index (χ1v) is 4.58. The van der Waals surface area contributed by atoms with Crippen LogP contribution in [0, 0.1) is 12.3 Å². The Bertz CT molecular complexity index is 346. The summed E-state index contributed by atoms with van der Waals surface area (Å²) in [5, 5.41) is 2.61. The molecule has 0 atom stereocenters. The van der Waals surface area contributed by atoms with Crippen LogP contribution in [0.1, 0.15) is 22.8 Å². The van der Waals surface area contributed by atoms with Crippen LogP contribution in [0.15, 0.2) is 24.3 Å². The van der Waals surface area contributed by atoms with Gasteiger partial charge in [0.25, 0.3) is 5.91 Å². The van der Waals surface area contributed by atoms with Gasteiger partial charge in [-0.05, 0) is 24.1 Å². The van der Waals surface area contributed by atoms with Crippen molar-refractivity contribution in [2.45, 2.75) is 13.3 Å². The van der Waals surface area contributed by atoms with Gasteiger partial charge in [0.05, 0.1) is 6.54 Å². The van der Waals surface area contributed by atoms with Crippen LogP contribution in [0.5, 0.6) is 0 Å². The first-order valence-electron chi connectivity index (χ1n) is 4.58. The molecule has 1 amide bonds. The van der Waals surface area contributed by atoms with Gasteiger partial charge in [0.1, 0.15) is 0 Å². The van der Waals surface area contributed by atoms with E-state index in [1.165, 1.54) is 5.56 Å². The summed E-state index contributed by atoms with van der Waals surface area (Å²) in [5.41, 5.74) is 1.87. The molecule has 0 aliphatic carbocycles. The molecule has 0 bridgehead atoms. The molecule has 0 aromatic heterocycles. The van der Waals surface area contributed by atoms with E-state index in [0.717, 1.165) is 6.42 Å². The predicted octanol–water partition coefficient (Wildman–Crippen LogP) is 1.61. The largest absolute Gasteiger partial charge is 0.341 e. The number of amides is 1. The Hall–Kier alpha value is -1.75. The van der Waals surface area contributed by atoms with Gasteiger partial charge in [-0.2, -0.15) is 0 Å². The molecular weight excluding hydrogens is 174 g/mol. The summed E-state index contributed by atoms with van der Waals surface area (Å²) in [6.45, 7) is 2.35. The van der Waals surface area contributed by atoms with E-state index < -0.39 is 0 Å². The Labute approximate surface area is 84.3 Å². The van der Waals surface area contributed by atoms with Gasteiger partial charge < -0.3 is 5.32 Å². The summed E-state index contributed by atoms with van der Waals surface area (Å²) in [4.78, 5) is 11.4. The number of carbonyl (C=O) groups excluding carboxylic acids is 1. The fourth-order valence-corrected chi connectivity index (χ4v) is 1.13. The SMILES string of the molecule is C#CCNC(=O)c1ccc(CC)cc1. The molecule has 1 aromatic carbocycles. The quantitative estimate of drug-likeness (QED) is 0.716. The Morgan fingerprint density at radius 2 is 2.07 bits per heavy atom. The molecule has 1 N–H and O–H groups in total. The lowest BCUT2D eigenvalue weighted by Crippen LogP contribution is -2.23. The van der Waals surface area contributed by atoms with Gasteiger partial charge in [-0.3, -0.25) is 4.79 Å². The minimum atomic E-state index is -0.120. The van der Waals surface area contributed by atoms with Crippen LogP contribution in [-0.4, -0.2) is 12.5 Å². The molecule has 2 nitrogen and oxygen atoms in total. The zero-order valence-corrected chi connectivity index (χ0v) is 8.21. The monoisotopic (exact) mass is 187 g/mol. The molecule has 0 aliphatic rings. The van der Waals surface area contributed by atoms with E-state index in [4.69, 9.17) is 6.42 Å². The number of nitrogens with one attached hydrogen (secondary N) is 1. The molecule has 72 valence electrons. The Morgan fingerprint density at radius 1 is 1.43 bits per heavy atom. The van der Waals surface area contributed by atoms with Crippen molar-refractivity contribution in [3.8, 4) is 12.3 Å². The topological polar surface area (TPSA) is 29.1 Å². The van der Waals surface area contributed by atoms with Gasteiger partial charge >= 0.3 is 0 Å². The van der Waals surface area contributed by atoms with Crippen molar-refractivity contribution in [1.82, 2.24) is 5.32 Å². The van der Waals surface area contributed by atoms with Crippen molar-refractivity contribution in [3.05, 3.63) is 35.4 Å². The van der Waals surface area contributed by atoms with Crippen molar-refractivity contribution in [1.29, 1.82) is 0 Å². The number of hydrogen-bond donors (Lipinski definition) is 1. The molecule has 0 fully saturated rings. The maximum absolute atomic E-state index is 11.4. The van der Waals surface area contributed by atoms with Gasteiger partial charge in [-0.25, -0.2) is 0 Å². The molecule has 0 radical (unpaired) electrons. The second-order valence-electron chi connectivity index (χ2n) is 2.94. The maximum Gasteiger partial charge on any atom is 0.252 e. The second-order valence-corrected chi connectivity index (χ2v) is 2.94. The molecule has 0 saturated heterocycles. The molecule has 0 unspecified atom stereocenters. The number of aryl methyl sites for hydroxylation is 1. The Morgan fingerprint density at radius 3 is 2.57 bits per heavy atom. The Balaban J connectivity index is 2.67. The Kier molecular flexibility index (Phi) is 3.75. The van der Waals surface area contributed by atoms with Crippen molar-refractivity contribution < 1.29 is 4.79 Å². The summed E-state index contributed by atoms with van der Waals surface area (Å²) >= 11 is 0. The highest BCUT2D eigenvalue weighted by atomic mass is 16.1. The van der Waals surface area contributed by atoms with Crippen LogP contribution in [0.4, 0.5) is 0 Å². The smallest absolute Gasteiger partial charge is 0.252 e. The van der Waals surface area contributed by atoms with E-state index in [2.05, 4.69) is 18.2 Å². The molecule has 1 rings (SSSR count). The summed E-state index contributed by atoms with van der Waals surface area (Å²) < 4.78 is 0. The minimum absolute atomic E-state index is 0.120. The van der Waals surface area contributed by atoms with Gasteiger partial charge in [-0.1, -0.05) is 25.0 Å².